The highest BCUT2D eigenvalue weighted by Crippen LogP contribution is 2.22. The number of carbonyl (C=O) groups is 2. The predicted molar refractivity (Wildman–Crippen MR) is 93.7 cm³/mol. The van der Waals surface area contributed by atoms with E-state index in [1.54, 1.807) is 18.2 Å². The average molecular weight is 339 g/mol. The molecule has 0 spiro atoms. The van der Waals surface area contributed by atoms with Gasteiger partial charge >= 0.3 is 0 Å². The van der Waals surface area contributed by atoms with E-state index < -0.39 is 0 Å². The lowest BCUT2D eigenvalue weighted by atomic mass is 9.99. The van der Waals surface area contributed by atoms with Crippen LogP contribution in [0.2, 0.25) is 0 Å². The van der Waals surface area contributed by atoms with E-state index in [-0.39, 0.29) is 30.6 Å². The van der Waals surface area contributed by atoms with Crippen LogP contribution in [0.5, 0.6) is 0 Å². The Bertz CT molecular complexity index is 749. The van der Waals surface area contributed by atoms with Crippen molar-refractivity contribution in [3.63, 3.8) is 0 Å². The van der Waals surface area contributed by atoms with Gasteiger partial charge in [-0.05, 0) is 23.3 Å². The molecular formula is C19H21N3O3. The first-order chi connectivity index (χ1) is 12.2. The van der Waals surface area contributed by atoms with Gasteiger partial charge in [0.2, 0.25) is 5.91 Å². The average Bonchev–Trinajstić information content (AvgIpc) is 2.67. The molecule has 6 nitrogen and oxygen atoms in total. The fourth-order valence-electron chi connectivity index (χ4n) is 2.86. The molecule has 1 aliphatic rings. The number of ether oxygens (including phenoxy) is 1. The third-order valence-electron chi connectivity index (χ3n) is 4.16. The summed E-state index contributed by atoms with van der Waals surface area (Å²) in [5.74, 6) is -0.352. The Morgan fingerprint density at radius 2 is 2.00 bits per heavy atom. The largest absolute Gasteiger partial charge is 0.364 e. The Hall–Kier alpha value is -2.70. The van der Waals surface area contributed by atoms with Gasteiger partial charge in [-0.2, -0.15) is 0 Å². The van der Waals surface area contributed by atoms with Crippen LogP contribution in [0, 0.1) is 0 Å². The molecule has 1 heterocycles. The smallest absolute Gasteiger partial charge is 0.251 e. The third kappa shape index (κ3) is 4.23. The summed E-state index contributed by atoms with van der Waals surface area (Å²) >= 11 is 0. The van der Waals surface area contributed by atoms with Gasteiger partial charge in [0.1, 0.15) is 6.61 Å². The molecule has 0 aliphatic carbocycles. The summed E-state index contributed by atoms with van der Waals surface area (Å²) < 4.78 is 5.64. The van der Waals surface area contributed by atoms with Crippen molar-refractivity contribution in [3.05, 3.63) is 71.3 Å². The van der Waals surface area contributed by atoms with Crippen LogP contribution in [0.25, 0.3) is 0 Å². The van der Waals surface area contributed by atoms with Gasteiger partial charge in [0.05, 0.1) is 12.1 Å². The number of nitrogens with two attached hydrogens (primary N) is 1. The van der Waals surface area contributed by atoms with E-state index in [0.29, 0.717) is 18.7 Å². The molecule has 2 aromatic carbocycles. The summed E-state index contributed by atoms with van der Waals surface area (Å²) in [6.45, 7) is 0.674. The number of hydrogen-bond donors (Lipinski definition) is 3. The van der Waals surface area contributed by atoms with Crippen molar-refractivity contribution >= 4 is 11.8 Å². The number of hydrogen-bond acceptors (Lipinski definition) is 4. The predicted octanol–water partition coefficient (Wildman–Crippen LogP) is 1.13. The molecule has 3 rings (SSSR count). The van der Waals surface area contributed by atoms with Gasteiger partial charge in [0.25, 0.3) is 5.91 Å². The Labute approximate surface area is 146 Å². The summed E-state index contributed by atoms with van der Waals surface area (Å²) in [5, 5.41) is 5.81. The highest BCUT2D eigenvalue weighted by molar-refractivity contribution is 5.94. The van der Waals surface area contributed by atoms with Gasteiger partial charge in [-0.25, -0.2) is 0 Å². The molecule has 130 valence electrons. The van der Waals surface area contributed by atoms with Crippen molar-refractivity contribution < 1.29 is 14.3 Å². The van der Waals surface area contributed by atoms with E-state index in [1.807, 2.05) is 36.4 Å². The van der Waals surface area contributed by atoms with Gasteiger partial charge in [0.15, 0.2) is 0 Å². The molecule has 25 heavy (non-hydrogen) atoms. The summed E-state index contributed by atoms with van der Waals surface area (Å²) in [7, 11) is 0. The normalized spacial score (nSPS) is 20.0. The zero-order valence-electron chi connectivity index (χ0n) is 13.8. The zero-order valence-corrected chi connectivity index (χ0v) is 13.8. The van der Waals surface area contributed by atoms with E-state index in [4.69, 9.17) is 10.5 Å². The minimum absolute atomic E-state index is 0.00741. The monoisotopic (exact) mass is 339 g/mol. The van der Waals surface area contributed by atoms with Crippen LogP contribution in [0.1, 0.15) is 27.5 Å². The number of carbonyl (C=O) groups excluding carboxylic acids is 2. The van der Waals surface area contributed by atoms with E-state index >= 15 is 0 Å². The Balaban J connectivity index is 1.67. The lowest BCUT2D eigenvalue weighted by Gasteiger charge is -2.32. The molecule has 4 N–H and O–H groups in total. The van der Waals surface area contributed by atoms with E-state index in [2.05, 4.69) is 10.6 Å². The van der Waals surface area contributed by atoms with Gasteiger partial charge in [-0.15, -0.1) is 0 Å². The molecular weight excluding hydrogens is 318 g/mol. The summed E-state index contributed by atoms with van der Waals surface area (Å²) in [5.41, 5.74) is 8.01. The summed E-state index contributed by atoms with van der Waals surface area (Å²) in [4.78, 5) is 24.1. The number of nitrogens with one attached hydrogen (secondary N) is 2. The molecule has 2 amide bonds. The molecule has 1 aliphatic heterocycles. The highest BCUT2D eigenvalue weighted by atomic mass is 16.5. The maximum absolute atomic E-state index is 12.4. The first kappa shape index (κ1) is 17.1. The highest BCUT2D eigenvalue weighted by Gasteiger charge is 2.31. The van der Waals surface area contributed by atoms with Crippen molar-refractivity contribution in [3.8, 4) is 0 Å². The van der Waals surface area contributed by atoms with Crippen LogP contribution in [0.4, 0.5) is 0 Å². The number of rotatable bonds is 5. The number of amides is 2. The van der Waals surface area contributed by atoms with Crippen LogP contribution in [-0.2, 0) is 16.1 Å². The van der Waals surface area contributed by atoms with Crippen molar-refractivity contribution in [1.82, 2.24) is 10.6 Å². The van der Waals surface area contributed by atoms with Crippen LogP contribution in [-0.4, -0.2) is 31.1 Å². The van der Waals surface area contributed by atoms with E-state index in [1.165, 1.54) is 0 Å². The Morgan fingerprint density at radius 1 is 1.20 bits per heavy atom. The molecule has 0 saturated carbocycles. The molecule has 1 fully saturated rings. The second kappa shape index (κ2) is 7.92. The van der Waals surface area contributed by atoms with Gasteiger partial charge < -0.3 is 21.1 Å². The second-order valence-corrected chi connectivity index (χ2v) is 5.92. The molecule has 0 unspecified atom stereocenters. The van der Waals surface area contributed by atoms with Crippen LogP contribution in [0.3, 0.4) is 0 Å². The third-order valence-corrected chi connectivity index (χ3v) is 4.16. The molecule has 0 bridgehead atoms. The van der Waals surface area contributed by atoms with Crippen molar-refractivity contribution in [2.75, 3.05) is 13.2 Å². The number of morpholine rings is 1. The maximum Gasteiger partial charge on any atom is 0.251 e. The SMILES string of the molecule is NCc1cccc(C(=O)NC[C@@H]2OCC(=O)N[C@@H]2c2ccccc2)c1. The Kier molecular flexibility index (Phi) is 5.42. The van der Waals surface area contributed by atoms with Gasteiger partial charge in [-0.1, -0.05) is 42.5 Å². The maximum atomic E-state index is 12.4. The molecule has 2 atom stereocenters. The van der Waals surface area contributed by atoms with E-state index in [0.717, 1.165) is 11.1 Å². The van der Waals surface area contributed by atoms with Crippen molar-refractivity contribution in [1.29, 1.82) is 0 Å². The lowest BCUT2D eigenvalue weighted by Crippen LogP contribution is -2.50. The first-order valence-electron chi connectivity index (χ1n) is 8.20. The van der Waals surface area contributed by atoms with Crippen molar-refractivity contribution in [2.45, 2.75) is 18.7 Å². The van der Waals surface area contributed by atoms with Crippen molar-refractivity contribution in [2.24, 2.45) is 5.73 Å². The quantitative estimate of drug-likeness (QED) is 0.761. The van der Waals surface area contributed by atoms with E-state index in [9.17, 15) is 9.59 Å². The fourth-order valence-corrected chi connectivity index (χ4v) is 2.86. The molecule has 6 heteroatoms. The number of benzene rings is 2. The standard InChI is InChI=1S/C19H21N3O3/c20-10-13-5-4-8-15(9-13)19(24)21-11-16-18(22-17(23)12-25-16)14-6-2-1-3-7-14/h1-9,16,18H,10-12,20H2,(H,21,24)(H,22,23)/t16-,18+/m0/s1. The topological polar surface area (TPSA) is 93.5 Å². The van der Waals surface area contributed by atoms with Crippen LogP contribution >= 0.6 is 0 Å². The first-order valence-corrected chi connectivity index (χ1v) is 8.20. The van der Waals surface area contributed by atoms with Gasteiger partial charge in [0, 0.05) is 18.7 Å². The molecule has 1 saturated heterocycles. The second-order valence-electron chi connectivity index (χ2n) is 5.92. The zero-order chi connectivity index (χ0) is 17.6. The lowest BCUT2D eigenvalue weighted by molar-refractivity contribution is -0.136. The van der Waals surface area contributed by atoms with Crippen LogP contribution < -0.4 is 16.4 Å². The van der Waals surface area contributed by atoms with Gasteiger partial charge in [-0.3, -0.25) is 9.59 Å². The summed E-state index contributed by atoms with van der Waals surface area (Å²) in [6, 6.07) is 16.5. The Morgan fingerprint density at radius 3 is 2.76 bits per heavy atom. The molecule has 0 aromatic heterocycles. The molecule has 2 aromatic rings. The fraction of sp³-hybridized carbons (Fsp3) is 0.263. The molecule has 0 radical (unpaired) electrons. The minimum atomic E-state index is -0.332. The minimum Gasteiger partial charge on any atom is -0.364 e. The van der Waals surface area contributed by atoms with Crippen LogP contribution in [0.15, 0.2) is 54.6 Å². The summed E-state index contributed by atoms with van der Waals surface area (Å²) in [6.07, 6.45) is -0.332.